The van der Waals surface area contributed by atoms with E-state index in [1.54, 1.807) is 25.1 Å². The van der Waals surface area contributed by atoms with E-state index in [-0.39, 0.29) is 12.2 Å². The van der Waals surface area contributed by atoms with Crippen LogP contribution < -0.4 is 5.32 Å². The maximum absolute atomic E-state index is 11.8. The molecule has 0 aromatic heterocycles. The van der Waals surface area contributed by atoms with Crippen molar-refractivity contribution in [1.29, 1.82) is 5.26 Å². The zero-order chi connectivity index (χ0) is 17.4. The average Bonchev–Trinajstić information content (AvgIpc) is 2.61. The van der Waals surface area contributed by atoms with E-state index < -0.39 is 12.0 Å². The van der Waals surface area contributed by atoms with Crippen molar-refractivity contribution in [2.45, 2.75) is 6.92 Å². The highest BCUT2D eigenvalue weighted by molar-refractivity contribution is 6.07. The lowest BCUT2D eigenvalue weighted by molar-refractivity contribution is -0.116. The van der Waals surface area contributed by atoms with Crippen molar-refractivity contribution in [2.24, 2.45) is 0 Å². The number of carbonyl (C=O) groups excluding carboxylic acids is 2. The molecule has 2 aromatic carbocycles. The van der Waals surface area contributed by atoms with E-state index >= 15 is 0 Å². The molecule has 2 amide bonds. The number of amides is 2. The van der Waals surface area contributed by atoms with Crippen LogP contribution in [0.5, 0.6) is 0 Å². The molecule has 2 aromatic rings. The summed E-state index contributed by atoms with van der Waals surface area (Å²) in [7, 11) is 0. The number of rotatable bonds is 4. The molecule has 0 aliphatic carbocycles. The fraction of sp³-hybridized carbons (Fsp3) is 0.105. The molecule has 0 fully saturated rings. The molecule has 5 heteroatoms. The minimum Gasteiger partial charge on any atom is -0.450 e. The van der Waals surface area contributed by atoms with Crippen molar-refractivity contribution < 1.29 is 14.3 Å². The molecule has 0 unspecified atom stereocenters. The fourth-order valence-corrected chi connectivity index (χ4v) is 2.04. The number of nitrogens with zero attached hydrogens (tertiary/aromatic N) is 1. The molecule has 0 atom stereocenters. The summed E-state index contributed by atoms with van der Waals surface area (Å²) in [6.07, 6.45) is 0.548. The molecule has 24 heavy (non-hydrogen) atoms. The number of hydrogen-bond acceptors (Lipinski definition) is 4. The van der Waals surface area contributed by atoms with Gasteiger partial charge in [0.15, 0.2) is 0 Å². The first-order valence-corrected chi connectivity index (χ1v) is 7.39. The van der Waals surface area contributed by atoms with E-state index in [0.29, 0.717) is 5.56 Å². The minimum atomic E-state index is -0.872. The zero-order valence-electron chi connectivity index (χ0n) is 13.2. The molecule has 2 rings (SSSR count). The van der Waals surface area contributed by atoms with Crippen LogP contribution in [-0.2, 0) is 9.53 Å². The predicted molar refractivity (Wildman–Crippen MR) is 90.6 cm³/mol. The molecular formula is C19H16N2O3. The summed E-state index contributed by atoms with van der Waals surface area (Å²) >= 11 is 0. The Balaban J connectivity index is 2.15. The maximum Gasteiger partial charge on any atom is 0.414 e. The van der Waals surface area contributed by atoms with E-state index in [0.717, 1.165) is 11.1 Å². The molecule has 0 aliphatic heterocycles. The second-order valence-electron chi connectivity index (χ2n) is 4.83. The van der Waals surface area contributed by atoms with Gasteiger partial charge >= 0.3 is 6.09 Å². The lowest BCUT2D eigenvalue weighted by atomic mass is 10.0. The standard InChI is InChI=1S/C19H16N2O3/c1-2-24-19(23)21-18(22)17(13-20)12-14-8-10-16(11-9-14)15-6-4-3-5-7-15/h3-12H,2H2,1H3,(H,21,22,23). The molecule has 0 aliphatic rings. The first kappa shape index (κ1) is 17.0. The monoisotopic (exact) mass is 320 g/mol. The van der Waals surface area contributed by atoms with Gasteiger partial charge in [-0.2, -0.15) is 5.26 Å². The van der Waals surface area contributed by atoms with Crippen LogP contribution in [-0.4, -0.2) is 18.6 Å². The minimum absolute atomic E-state index is 0.145. The van der Waals surface area contributed by atoms with Crippen molar-refractivity contribution in [1.82, 2.24) is 5.32 Å². The molecule has 0 saturated carbocycles. The molecular weight excluding hydrogens is 304 g/mol. The molecule has 0 spiro atoms. The second kappa shape index (κ2) is 8.30. The van der Waals surface area contributed by atoms with Crippen LogP contribution in [0.25, 0.3) is 17.2 Å². The number of benzene rings is 2. The summed E-state index contributed by atoms with van der Waals surface area (Å²) in [6.45, 7) is 1.77. The van der Waals surface area contributed by atoms with Crippen LogP contribution >= 0.6 is 0 Å². The maximum atomic E-state index is 11.8. The lowest BCUT2D eigenvalue weighted by Gasteiger charge is -2.04. The highest BCUT2D eigenvalue weighted by Gasteiger charge is 2.13. The Labute approximate surface area is 140 Å². The summed E-state index contributed by atoms with van der Waals surface area (Å²) in [4.78, 5) is 23.1. The normalized spacial score (nSPS) is 10.6. The van der Waals surface area contributed by atoms with Gasteiger partial charge in [-0.15, -0.1) is 0 Å². The van der Waals surface area contributed by atoms with E-state index in [9.17, 15) is 9.59 Å². The summed E-state index contributed by atoms with van der Waals surface area (Å²) in [6, 6.07) is 19.0. The zero-order valence-corrected chi connectivity index (χ0v) is 13.2. The summed E-state index contributed by atoms with van der Waals surface area (Å²) in [5.41, 5.74) is 2.62. The van der Waals surface area contributed by atoms with Gasteiger partial charge in [-0.25, -0.2) is 4.79 Å². The number of imide groups is 1. The molecule has 1 N–H and O–H groups in total. The van der Waals surface area contributed by atoms with Gasteiger partial charge < -0.3 is 4.74 Å². The fourth-order valence-electron chi connectivity index (χ4n) is 2.04. The van der Waals surface area contributed by atoms with E-state index in [4.69, 9.17) is 5.26 Å². The number of nitriles is 1. The Hall–Kier alpha value is -3.39. The van der Waals surface area contributed by atoms with Crippen LogP contribution in [0.15, 0.2) is 60.2 Å². The predicted octanol–water partition coefficient (Wildman–Crippen LogP) is 3.53. The first-order valence-electron chi connectivity index (χ1n) is 7.39. The van der Waals surface area contributed by atoms with Crippen LogP contribution in [0.2, 0.25) is 0 Å². The van der Waals surface area contributed by atoms with Crippen molar-refractivity contribution in [2.75, 3.05) is 6.61 Å². The molecule has 0 heterocycles. The van der Waals surface area contributed by atoms with Crippen molar-refractivity contribution in [3.8, 4) is 17.2 Å². The quantitative estimate of drug-likeness (QED) is 0.690. The van der Waals surface area contributed by atoms with E-state index in [2.05, 4.69) is 4.74 Å². The summed E-state index contributed by atoms with van der Waals surface area (Å²) in [5.74, 6) is -0.789. The molecule has 0 bridgehead atoms. The SMILES string of the molecule is CCOC(=O)NC(=O)C(C#N)=Cc1ccc(-c2ccccc2)cc1. The van der Waals surface area contributed by atoms with Gasteiger partial charge in [0.05, 0.1) is 6.61 Å². The van der Waals surface area contributed by atoms with Crippen LogP contribution in [0, 0.1) is 11.3 Å². The van der Waals surface area contributed by atoms with Gasteiger partial charge in [-0.05, 0) is 29.7 Å². The van der Waals surface area contributed by atoms with Gasteiger partial charge in [0, 0.05) is 0 Å². The largest absolute Gasteiger partial charge is 0.450 e. The lowest BCUT2D eigenvalue weighted by Crippen LogP contribution is -2.31. The highest BCUT2D eigenvalue weighted by Crippen LogP contribution is 2.20. The van der Waals surface area contributed by atoms with Crippen LogP contribution in [0.4, 0.5) is 4.79 Å². The van der Waals surface area contributed by atoms with Gasteiger partial charge in [0.25, 0.3) is 5.91 Å². The van der Waals surface area contributed by atoms with Gasteiger partial charge in [-0.1, -0.05) is 54.6 Å². The number of hydrogen-bond donors (Lipinski definition) is 1. The molecule has 5 nitrogen and oxygen atoms in total. The van der Waals surface area contributed by atoms with E-state index in [1.165, 1.54) is 6.08 Å². The van der Waals surface area contributed by atoms with Crippen molar-refractivity contribution in [3.63, 3.8) is 0 Å². The number of alkyl carbamates (subject to hydrolysis) is 1. The smallest absolute Gasteiger partial charge is 0.414 e. The van der Waals surface area contributed by atoms with Gasteiger partial charge in [0.1, 0.15) is 11.6 Å². The van der Waals surface area contributed by atoms with E-state index in [1.807, 2.05) is 47.8 Å². The van der Waals surface area contributed by atoms with Gasteiger partial charge in [-0.3, -0.25) is 10.1 Å². The third-order valence-electron chi connectivity index (χ3n) is 3.18. The first-order chi connectivity index (χ1) is 11.6. The average molecular weight is 320 g/mol. The number of carbonyl (C=O) groups is 2. The van der Waals surface area contributed by atoms with Crippen LogP contribution in [0.3, 0.4) is 0 Å². The second-order valence-corrected chi connectivity index (χ2v) is 4.83. The summed E-state index contributed by atoms with van der Waals surface area (Å²) in [5, 5.41) is 11.1. The molecule has 0 saturated heterocycles. The molecule has 120 valence electrons. The van der Waals surface area contributed by atoms with Gasteiger partial charge in [0.2, 0.25) is 0 Å². The number of nitrogens with one attached hydrogen (secondary N) is 1. The Bertz CT molecular complexity index is 788. The highest BCUT2D eigenvalue weighted by atomic mass is 16.5. The van der Waals surface area contributed by atoms with Crippen LogP contribution in [0.1, 0.15) is 12.5 Å². The topological polar surface area (TPSA) is 79.2 Å². The van der Waals surface area contributed by atoms with Crippen molar-refractivity contribution >= 4 is 18.1 Å². The molecule has 0 radical (unpaired) electrons. The Kier molecular flexibility index (Phi) is 5.87. The van der Waals surface area contributed by atoms with Crippen molar-refractivity contribution in [3.05, 3.63) is 65.7 Å². The summed E-state index contributed by atoms with van der Waals surface area (Å²) < 4.78 is 4.61. The third-order valence-corrected chi connectivity index (χ3v) is 3.18. The Morgan fingerprint density at radius 3 is 2.29 bits per heavy atom. The Morgan fingerprint density at radius 2 is 1.71 bits per heavy atom. The third kappa shape index (κ3) is 4.55. The Morgan fingerprint density at radius 1 is 1.08 bits per heavy atom. The number of ether oxygens (including phenoxy) is 1.